The Morgan fingerprint density at radius 2 is 1.97 bits per heavy atom. The van der Waals surface area contributed by atoms with Crippen LogP contribution < -0.4 is 9.47 Å². The predicted octanol–water partition coefficient (Wildman–Crippen LogP) is 3.40. The van der Waals surface area contributed by atoms with Gasteiger partial charge in [0.05, 0.1) is 11.0 Å². The van der Waals surface area contributed by atoms with Gasteiger partial charge in [0, 0.05) is 24.6 Å². The molecule has 2 bridgehead atoms. The number of likely N-dealkylation sites (tertiary alicyclic amines) is 1. The number of Topliss-reactive ketones (excluding diaryl/α,β-unsaturated/α-hetero) is 1. The minimum Gasteiger partial charge on any atom is -0.485 e. The number of carbonyl (C=O) groups excluding carboxylic acids is 1. The standard InChI is InChI=1S/C27H29NO4/c29-20-10-11-27(30)22-14-19-8-9-21(31-16-18-4-2-1-3-5-18)24-23(19)26(27,25(20)32-24)12-13-28(22)15-17-6-7-17/h1-5,8-9,17,22,25,30H,6-7,10-16H2/t22?,25-,26-,27+/m0/s1. The van der Waals surface area contributed by atoms with Gasteiger partial charge in [-0.25, -0.2) is 0 Å². The van der Waals surface area contributed by atoms with E-state index in [9.17, 15) is 9.90 Å². The van der Waals surface area contributed by atoms with Crippen LogP contribution in [0.1, 0.15) is 48.8 Å². The summed E-state index contributed by atoms with van der Waals surface area (Å²) in [5.41, 5.74) is 1.81. The minimum atomic E-state index is -0.922. The lowest BCUT2D eigenvalue weighted by Gasteiger charge is -2.62. The molecule has 5 nitrogen and oxygen atoms in total. The van der Waals surface area contributed by atoms with E-state index in [2.05, 4.69) is 11.0 Å². The largest absolute Gasteiger partial charge is 0.485 e. The summed E-state index contributed by atoms with van der Waals surface area (Å²) in [5, 5.41) is 12.3. The Labute approximate surface area is 188 Å². The van der Waals surface area contributed by atoms with Gasteiger partial charge in [-0.3, -0.25) is 9.69 Å². The molecule has 7 rings (SSSR count). The third-order valence-corrected chi connectivity index (χ3v) is 8.78. The molecule has 2 aromatic carbocycles. The highest BCUT2D eigenvalue weighted by molar-refractivity contribution is 5.90. The van der Waals surface area contributed by atoms with Crippen LogP contribution >= 0.6 is 0 Å². The van der Waals surface area contributed by atoms with E-state index in [1.807, 2.05) is 36.4 Å². The molecule has 2 aliphatic heterocycles. The second kappa shape index (κ2) is 6.58. The van der Waals surface area contributed by atoms with Crippen molar-refractivity contribution in [3.8, 4) is 11.5 Å². The molecule has 0 amide bonds. The van der Waals surface area contributed by atoms with E-state index in [1.54, 1.807) is 0 Å². The maximum absolute atomic E-state index is 13.1. The zero-order valence-electron chi connectivity index (χ0n) is 18.3. The van der Waals surface area contributed by atoms with Gasteiger partial charge in [-0.05, 0) is 61.8 Å². The van der Waals surface area contributed by atoms with Crippen LogP contribution in [-0.4, -0.2) is 46.6 Å². The summed E-state index contributed by atoms with van der Waals surface area (Å²) in [4.78, 5) is 15.7. The molecule has 4 atom stereocenters. The molecule has 166 valence electrons. The Morgan fingerprint density at radius 3 is 2.78 bits per heavy atom. The summed E-state index contributed by atoms with van der Waals surface area (Å²) in [5.74, 6) is 2.29. The fraction of sp³-hybridized carbons (Fsp3) is 0.519. The number of hydrogen-bond donors (Lipinski definition) is 1. The minimum absolute atomic E-state index is 0.0607. The number of benzene rings is 2. The molecule has 5 aliphatic rings. The van der Waals surface area contributed by atoms with E-state index in [0.29, 0.717) is 30.9 Å². The second-order valence-electron chi connectivity index (χ2n) is 10.5. The van der Waals surface area contributed by atoms with Gasteiger partial charge in [-0.2, -0.15) is 0 Å². The van der Waals surface area contributed by atoms with Crippen molar-refractivity contribution < 1.29 is 19.4 Å². The molecule has 1 spiro atoms. The molecule has 3 aliphatic carbocycles. The smallest absolute Gasteiger partial charge is 0.174 e. The van der Waals surface area contributed by atoms with Crippen LogP contribution in [0.25, 0.3) is 0 Å². The predicted molar refractivity (Wildman–Crippen MR) is 119 cm³/mol. The molecular formula is C27H29NO4. The summed E-state index contributed by atoms with van der Waals surface area (Å²) in [6.45, 7) is 2.44. The summed E-state index contributed by atoms with van der Waals surface area (Å²) in [6.07, 6.45) is 4.52. The third-order valence-electron chi connectivity index (χ3n) is 8.78. The van der Waals surface area contributed by atoms with Crippen LogP contribution in [-0.2, 0) is 23.2 Å². The van der Waals surface area contributed by atoms with Crippen molar-refractivity contribution >= 4 is 5.78 Å². The number of carbonyl (C=O) groups is 1. The summed E-state index contributed by atoms with van der Waals surface area (Å²) in [7, 11) is 0. The molecule has 2 saturated carbocycles. The Bertz CT molecular complexity index is 1100. The molecule has 0 aromatic heterocycles. The molecule has 32 heavy (non-hydrogen) atoms. The third kappa shape index (κ3) is 2.44. The van der Waals surface area contributed by atoms with Crippen LogP contribution in [0.4, 0.5) is 0 Å². The molecule has 1 unspecified atom stereocenters. The second-order valence-corrected chi connectivity index (χ2v) is 10.5. The number of hydrogen-bond acceptors (Lipinski definition) is 5. The number of ether oxygens (including phenoxy) is 2. The van der Waals surface area contributed by atoms with Crippen LogP contribution in [0.15, 0.2) is 42.5 Å². The van der Waals surface area contributed by atoms with Gasteiger partial charge in [-0.15, -0.1) is 0 Å². The van der Waals surface area contributed by atoms with E-state index in [1.165, 1.54) is 18.4 Å². The monoisotopic (exact) mass is 431 g/mol. The fourth-order valence-corrected chi connectivity index (χ4v) is 7.10. The first-order valence-electron chi connectivity index (χ1n) is 12.1. The van der Waals surface area contributed by atoms with Crippen molar-refractivity contribution in [3.63, 3.8) is 0 Å². The normalized spacial score (nSPS) is 34.7. The van der Waals surface area contributed by atoms with Gasteiger partial charge in [-0.1, -0.05) is 36.4 Å². The van der Waals surface area contributed by atoms with Crippen LogP contribution in [0.3, 0.4) is 0 Å². The topological polar surface area (TPSA) is 59.0 Å². The number of piperidine rings is 1. The molecule has 1 N–H and O–H groups in total. The Kier molecular flexibility index (Phi) is 3.93. The fourth-order valence-electron chi connectivity index (χ4n) is 7.10. The molecule has 1 saturated heterocycles. The molecule has 2 aromatic rings. The van der Waals surface area contributed by atoms with Crippen molar-refractivity contribution in [2.24, 2.45) is 5.92 Å². The number of nitrogens with zero attached hydrogens (tertiary/aromatic N) is 1. The zero-order valence-corrected chi connectivity index (χ0v) is 18.3. The van der Waals surface area contributed by atoms with Crippen molar-refractivity contribution in [1.82, 2.24) is 4.90 Å². The molecule has 3 fully saturated rings. The highest BCUT2D eigenvalue weighted by Crippen LogP contribution is 2.65. The molecular weight excluding hydrogens is 402 g/mol. The van der Waals surface area contributed by atoms with E-state index < -0.39 is 17.1 Å². The van der Waals surface area contributed by atoms with E-state index >= 15 is 0 Å². The Balaban J connectivity index is 1.32. The van der Waals surface area contributed by atoms with E-state index in [0.717, 1.165) is 43.0 Å². The first kappa shape index (κ1) is 19.1. The molecule has 0 radical (unpaired) electrons. The first-order valence-corrected chi connectivity index (χ1v) is 12.1. The van der Waals surface area contributed by atoms with Crippen molar-refractivity contribution in [2.75, 3.05) is 13.1 Å². The van der Waals surface area contributed by atoms with Gasteiger partial charge >= 0.3 is 0 Å². The van der Waals surface area contributed by atoms with Gasteiger partial charge in [0.15, 0.2) is 23.4 Å². The van der Waals surface area contributed by atoms with Gasteiger partial charge in [0.1, 0.15) is 6.61 Å². The number of rotatable bonds is 5. The van der Waals surface area contributed by atoms with Crippen LogP contribution in [0.2, 0.25) is 0 Å². The van der Waals surface area contributed by atoms with Crippen LogP contribution in [0.5, 0.6) is 11.5 Å². The lowest BCUT2D eigenvalue weighted by atomic mass is 9.49. The van der Waals surface area contributed by atoms with E-state index in [4.69, 9.17) is 9.47 Å². The summed E-state index contributed by atoms with van der Waals surface area (Å²) >= 11 is 0. The molecule has 5 heteroatoms. The van der Waals surface area contributed by atoms with Gasteiger partial charge in [0.25, 0.3) is 0 Å². The summed E-state index contributed by atoms with van der Waals surface area (Å²) in [6, 6.07) is 14.3. The highest BCUT2D eigenvalue weighted by Gasteiger charge is 2.73. The zero-order chi connectivity index (χ0) is 21.5. The summed E-state index contributed by atoms with van der Waals surface area (Å²) < 4.78 is 12.7. The average molecular weight is 432 g/mol. The number of aliphatic hydroxyl groups is 1. The highest BCUT2D eigenvalue weighted by atomic mass is 16.5. The van der Waals surface area contributed by atoms with Crippen molar-refractivity contribution in [1.29, 1.82) is 0 Å². The Morgan fingerprint density at radius 1 is 1.12 bits per heavy atom. The van der Waals surface area contributed by atoms with Gasteiger partial charge in [0.2, 0.25) is 0 Å². The SMILES string of the molecule is O=C1CC[C@@]2(O)C3Cc4ccc(OCc5ccccc5)c5c4[C@@]2(CCN3CC2CC2)[C@H]1O5. The maximum atomic E-state index is 13.1. The lowest BCUT2D eigenvalue weighted by Crippen LogP contribution is -2.76. The lowest BCUT2D eigenvalue weighted by molar-refractivity contribution is -0.188. The van der Waals surface area contributed by atoms with Crippen LogP contribution in [0, 0.1) is 5.92 Å². The van der Waals surface area contributed by atoms with E-state index in [-0.39, 0.29) is 11.8 Å². The first-order chi connectivity index (χ1) is 15.6. The van der Waals surface area contributed by atoms with Crippen molar-refractivity contribution in [2.45, 2.75) is 68.3 Å². The van der Waals surface area contributed by atoms with Crippen molar-refractivity contribution in [3.05, 3.63) is 59.2 Å². The molecule has 2 heterocycles. The van der Waals surface area contributed by atoms with Gasteiger partial charge < -0.3 is 14.6 Å². The average Bonchev–Trinajstić information content (AvgIpc) is 3.55. The number of ketones is 1. The quantitative estimate of drug-likeness (QED) is 0.786. The Hall–Kier alpha value is -2.37. The maximum Gasteiger partial charge on any atom is 0.174 e.